The highest BCUT2D eigenvalue weighted by atomic mass is 79.9. The molecule has 3 N–H and O–H groups in total. The van der Waals surface area contributed by atoms with Gasteiger partial charge in [0, 0.05) is 34.5 Å². The molecular formula is C31H46BrN3O5S. The van der Waals surface area contributed by atoms with Crippen LogP contribution in [-0.2, 0) is 14.4 Å². The third kappa shape index (κ3) is 6.74. The zero-order chi connectivity index (χ0) is 30.2. The fraction of sp³-hybridized carbons (Fsp3) is 0.710. The Morgan fingerprint density at radius 2 is 1.80 bits per heavy atom. The van der Waals surface area contributed by atoms with E-state index in [-0.39, 0.29) is 39.8 Å². The molecule has 3 aliphatic rings. The van der Waals surface area contributed by atoms with Gasteiger partial charge in [-0.1, -0.05) is 36.7 Å². The van der Waals surface area contributed by atoms with E-state index < -0.39 is 28.2 Å². The Morgan fingerprint density at radius 3 is 2.41 bits per heavy atom. The van der Waals surface area contributed by atoms with Gasteiger partial charge >= 0.3 is 0 Å². The van der Waals surface area contributed by atoms with Crippen molar-refractivity contribution in [3.63, 3.8) is 0 Å². The summed E-state index contributed by atoms with van der Waals surface area (Å²) in [6, 6.07) is 6.59. The molecular weight excluding hydrogens is 606 g/mol. The maximum atomic E-state index is 14.2. The molecule has 0 aromatic heterocycles. The van der Waals surface area contributed by atoms with Crippen molar-refractivity contribution in [3.8, 4) is 5.75 Å². The topological polar surface area (TPSA) is 108 Å². The monoisotopic (exact) mass is 651 g/mol. The van der Waals surface area contributed by atoms with Crippen molar-refractivity contribution in [3.05, 3.63) is 24.3 Å². The zero-order valence-electron chi connectivity index (χ0n) is 25.2. The van der Waals surface area contributed by atoms with Crippen LogP contribution in [0.4, 0.5) is 5.69 Å². The summed E-state index contributed by atoms with van der Waals surface area (Å²) >= 11 is 5.48. The minimum absolute atomic E-state index is 0.0125. The highest BCUT2D eigenvalue weighted by Gasteiger charge is 2.75. The molecule has 0 saturated carbocycles. The quantitative estimate of drug-likeness (QED) is 0.217. The molecule has 1 spiro atoms. The largest absolute Gasteiger partial charge is 0.494 e. The number of thioether (sulfide) groups is 1. The van der Waals surface area contributed by atoms with Crippen LogP contribution >= 0.6 is 27.7 Å². The number of fused-ring (bicyclic) bond motifs is 1. The summed E-state index contributed by atoms with van der Waals surface area (Å²) in [5.41, 5.74) is 0.198. The molecule has 3 heterocycles. The fourth-order valence-corrected chi connectivity index (χ4v) is 11.0. The van der Waals surface area contributed by atoms with Crippen LogP contribution in [0.1, 0.15) is 73.6 Å². The van der Waals surface area contributed by atoms with Crippen LogP contribution in [0.3, 0.4) is 0 Å². The molecule has 6 atom stereocenters. The molecule has 10 heteroatoms. The predicted octanol–water partition coefficient (Wildman–Crippen LogP) is 4.98. The second-order valence-electron chi connectivity index (χ2n) is 13.5. The maximum absolute atomic E-state index is 14.2. The maximum Gasteiger partial charge on any atom is 0.244 e. The van der Waals surface area contributed by atoms with Gasteiger partial charge in [-0.2, -0.15) is 0 Å². The lowest BCUT2D eigenvalue weighted by Crippen LogP contribution is -2.58. The van der Waals surface area contributed by atoms with Gasteiger partial charge in [-0.25, -0.2) is 0 Å². The van der Waals surface area contributed by atoms with Crippen LogP contribution in [-0.4, -0.2) is 73.9 Å². The van der Waals surface area contributed by atoms with E-state index >= 15 is 0 Å². The van der Waals surface area contributed by atoms with E-state index in [1.165, 1.54) is 0 Å². The third-order valence-corrected chi connectivity index (χ3v) is 11.5. The first-order valence-corrected chi connectivity index (χ1v) is 16.6. The number of rotatable bonds is 12. The molecule has 0 aliphatic carbocycles. The highest BCUT2D eigenvalue weighted by molar-refractivity contribution is 9.09. The second-order valence-corrected chi connectivity index (χ2v) is 16.3. The molecule has 8 nitrogen and oxygen atoms in total. The number of alkyl halides is 1. The van der Waals surface area contributed by atoms with Gasteiger partial charge in [0.05, 0.1) is 23.2 Å². The molecule has 0 radical (unpaired) electrons. The van der Waals surface area contributed by atoms with Crippen molar-refractivity contribution >= 4 is 51.1 Å². The third-order valence-electron chi connectivity index (χ3n) is 8.26. The van der Waals surface area contributed by atoms with E-state index in [0.717, 1.165) is 18.6 Å². The van der Waals surface area contributed by atoms with Gasteiger partial charge in [0.2, 0.25) is 17.7 Å². The normalized spacial score (nSPS) is 29.0. The lowest BCUT2D eigenvalue weighted by molar-refractivity contribution is -0.139. The molecule has 1 aromatic carbocycles. The summed E-state index contributed by atoms with van der Waals surface area (Å²) in [5.74, 6) is -0.843. The van der Waals surface area contributed by atoms with Crippen LogP contribution in [0.25, 0.3) is 0 Å². The van der Waals surface area contributed by atoms with E-state index in [0.29, 0.717) is 38.1 Å². The highest BCUT2D eigenvalue weighted by Crippen LogP contribution is 2.67. The van der Waals surface area contributed by atoms with Gasteiger partial charge in [0.25, 0.3) is 0 Å². The number of halogens is 1. The minimum atomic E-state index is -0.685. The lowest BCUT2D eigenvalue weighted by atomic mass is 9.70. The summed E-state index contributed by atoms with van der Waals surface area (Å²) in [5, 5.41) is 15.5. The molecule has 3 fully saturated rings. The average molecular weight is 653 g/mol. The van der Waals surface area contributed by atoms with Gasteiger partial charge in [0.15, 0.2) is 0 Å². The van der Waals surface area contributed by atoms with Gasteiger partial charge in [-0.3, -0.25) is 14.4 Å². The number of amides is 3. The van der Waals surface area contributed by atoms with Crippen molar-refractivity contribution in [1.29, 1.82) is 0 Å². The number of aliphatic hydroxyl groups excluding tert-OH is 1. The van der Waals surface area contributed by atoms with E-state index in [1.54, 1.807) is 16.7 Å². The number of nitrogens with zero attached hydrogens (tertiary/aromatic N) is 1. The molecule has 3 aliphatic heterocycles. The van der Waals surface area contributed by atoms with Gasteiger partial charge < -0.3 is 25.4 Å². The van der Waals surface area contributed by atoms with Crippen LogP contribution in [0.2, 0.25) is 0 Å². The smallest absolute Gasteiger partial charge is 0.244 e. The van der Waals surface area contributed by atoms with E-state index in [9.17, 15) is 19.5 Å². The number of hydrogen-bond donors (Lipinski definition) is 3. The SMILES string of the molecule is CCOc1ccc(NC(=O)[C@H]2[C@H]3C(=O)N(CCCCCO)C(C(=O)NC(C)(C)CC(C)(C)C)C34CC(Br)[C@@H]2S4)cc1. The Bertz CT molecular complexity index is 1120. The van der Waals surface area contributed by atoms with Crippen molar-refractivity contribution in [1.82, 2.24) is 10.2 Å². The fourth-order valence-electron chi connectivity index (χ4n) is 7.34. The summed E-state index contributed by atoms with van der Waals surface area (Å²) < 4.78 is 4.84. The Kier molecular flexibility index (Phi) is 9.76. The van der Waals surface area contributed by atoms with Crippen LogP contribution < -0.4 is 15.4 Å². The van der Waals surface area contributed by atoms with E-state index in [1.807, 2.05) is 45.0 Å². The number of nitrogens with one attached hydrogen (secondary N) is 2. The molecule has 3 amide bonds. The second kappa shape index (κ2) is 12.4. The molecule has 3 saturated heterocycles. The van der Waals surface area contributed by atoms with Crippen LogP contribution in [0.15, 0.2) is 24.3 Å². The van der Waals surface area contributed by atoms with Crippen molar-refractivity contribution in [2.75, 3.05) is 25.1 Å². The molecule has 41 heavy (non-hydrogen) atoms. The molecule has 4 rings (SSSR count). The summed E-state index contributed by atoms with van der Waals surface area (Å²) in [4.78, 5) is 44.0. The number of anilines is 1. The summed E-state index contributed by atoms with van der Waals surface area (Å²) in [6.45, 7) is 13.5. The Balaban J connectivity index is 1.63. The van der Waals surface area contributed by atoms with Gasteiger partial charge in [-0.05, 0) is 82.6 Å². The summed E-state index contributed by atoms with van der Waals surface area (Å²) in [7, 11) is 0. The lowest BCUT2D eigenvalue weighted by Gasteiger charge is -2.39. The number of carbonyl (C=O) groups excluding carboxylic acids is 3. The van der Waals surface area contributed by atoms with Crippen molar-refractivity contribution in [2.45, 2.75) is 100 Å². The number of benzene rings is 1. The van der Waals surface area contributed by atoms with E-state index in [4.69, 9.17) is 4.74 Å². The number of aliphatic hydroxyl groups is 1. The van der Waals surface area contributed by atoms with Crippen LogP contribution in [0, 0.1) is 17.3 Å². The Labute approximate surface area is 257 Å². The number of ether oxygens (including phenoxy) is 1. The number of unbranched alkanes of at least 4 members (excludes halogenated alkanes) is 2. The Hall–Kier alpha value is -1.78. The number of likely N-dealkylation sites (tertiary alicyclic amines) is 1. The van der Waals surface area contributed by atoms with Crippen molar-refractivity contribution < 1.29 is 24.2 Å². The summed E-state index contributed by atoms with van der Waals surface area (Å²) in [6.07, 6.45) is 3.54. The molecule has 228 valence electrons. The number of carbonyl (C=O) groups is 3. The first-order valence-electron chi connectivity index (χ1n) is 14.8. The number of hydrogen-bond acceptors (Lipinski definition) is 6. The van der Waals surface area contributed by atoms with Crippen molar-refractivity contribution in [2.24, 2.45) is 17.3 Å². The van der Waals surface area contributed by atoms with E-state index in [2.05, 4.69) is 47.3 Å². The molecule has 3 unspecified atom stereocenters. The minimum Gasteiger partial charge on any atom is -0.494 e. The average Bonchev–Trinajstić information content (AvgIpc) is 3.44. The standard InChI is InChI=1S/C31H46BrN3O5S/c1-7-40-20-13-11-19(12-14-20)33-26(37)22-23-28(39)35(15-9-8-10-16-36)25(31(23)17-21(32)24(22)41-31)27(38)34-30(5,6)18-29(2,3)4/h11-14,21-25,36H,7-10,15-18H2,1-6H3,(H,33,37)(H,34,38)/t21?,22-,23-,24-,25?,31?/m0/s1. The molecule has 2 bridgehead atoms. The zero-order valence-corrected chi connectivity index (χ0v) is 27.6. The van der Waals surface area contributed by atoms with Crippen LogP contribution in [0.5, 0.6) is 5.75 Å². The van der Waals surface area contributed by atoms with Gasteiger partial charge in [0.1, 0.15) is 11.8 Å². The van der Waals surface area contributed by atoms with Gasteiger partial charge in [-0.15, -0.1) is 11.8 Å². The predicted molar refractivity (Wildman–Crippen MR) is 167 cm³/mol. The molecule has 1 aromatic rings. The first kappa shape index (κ1) is 32.1. The Morgan fingerprint density at radius 1 is 1.12 bits per heavy atom. The first-order chi connectivity index (χ1) is 19.2.